The molecule has 1 unspecified atom stereocenters. The standard InChI is InChI=1S/C21H26N4OS/c1-14-11-18-20(27-14)17(13-25-9-4-3-5-10-25)19(24-18)21(26)23-15(2)16-7-6-8-22-12-16/h6-8,11-12,15,24H,3-5,9-10,13H2,1-2H3,(H,23,26). The van der Waals surface area contributed by atoms with E-state index in [4.69, 9.17) is 0 Å². The van der Waals surface area contributed by atoms with Gasteiger partial charge in [0.2, 0.25) is 0 Å². The minimum absolute atomic E-state index is 0.0422. The second kappa shape index (κ2) is 7.82. The van der Waals surface area contributed by atoms with Gasteiger partial charge in [-0.25, -0.2) is 0 Å². The fourth-order valence-corrected chi connectivity index (χ4v) is 4.83. The van der Waals surface area contributed by atoms with Crippen LogP contribution in [0.2, 0.25) is 0 Å². The predicted octanol–water partition coefficient (Wildman–Crippen LogP) is 4.41. The number of aromatic nitrogens is 2. The summed E-state index contributed by atoms with van der Waals surface area (Å²) < 4.78 is 1.22. The molecule has 0 bridgehead atoms. The third kappa shape index (κ3) is 3.92. The molecule has 4 heterocycles. The van der Waals surface area contributed by atoms with Gasteiger partial charge in [0.05, 0.1) is 16.3 Å². The Labute approximate surface area is 163 Å². The molecule has 142 valence electrons. The molecule has 5 nitrogen and oxygen atoms in total. The molecule has 0 saturated carbocycles. The van der Waals surface area contributed by atoms with Gasteiger partial charge >= 0.3 is 0 Å². The number of carbonyl (C=O) groups is 1. The molecule has 0 radical (unpaired) electrons. The number of aryl methyl sites for hydroxylation is 1. The van der Waals surface area contributed by atoms with Crippen molar-refractivity contribution in [3.8, 4) is 0 Å². The number of amides is 1. The van der Waals surface area contributed by atoms with Gasteiger partial charge < -0.3 is 10.3 Å². The van der Waals surface area contributed by atoms with E-state index in [0.29, 0.717) is 5.69 Å². The first-order chi connectivity index (χ1) is 13.1. The minimum atomic E-state index is -0.0860. The van der Waals surface area contributed by atoms with Crippen LogP contribution in [0, 0.1) is 6.92 Å². The van der Waals surface area contributed by atoms with E-state index in [1.165, 1.54) is 28.8 Å². The number of piperidine rings is 1. The molecule has 0 aromatic carbocycles. The van der Waals surface area contributed by atoms with Gasteiger partial charge in [0.1, 0.15) is 5.69 Å². The molecule has 1 aliphatic heterocycles. The Morgan fingerprint density at radius 2 is 2.19 bits per heavy atom. The number of thiophene rings is 1. The number of carbonyl (C=O) groups excluding carboxylic acids is 1. The van der Waals surface area contributed by atoms with E-state index in [2.05, 4.69) is 33.2 Å². The molecule has 4 rings (SSSR count). The van der Waals surface area contributed by atoms with Crippen LogP contribution in [-0.2, 0) is 6.54 Å². The molecule has 1 fully saturated rings. The number of nitrogens with zero attached hydrogens (tertiary/aromatic N) is 2. The van der Waals surface area contributed by atoms with Crippen molar-refractivity contribution in [1.29, 1.82) is 0 Å². The second-order valence-corrected chi connectivity index (χ2v) is 8.65. The maximum Gasteiger partial charge on any atom is 0.268 e. The number of hydrogen-bond acceptors (Lipinski definition) is 4. The highest BCUT2D eigenvalue weighted by molar-refractivity contribution is 7.19. The summed E-state index contributed by atoms with van der Waals surface area (Å²) in [6, 6.07) is 5.94. The van der Waals surface area contributed by atoms with Gasteiger partial charge in [0.25, 0.3) is 5.91 Å². The molecular weight excluding hydrogens is 356 g/mol. The van der Waals surface area contributed by atoms with Crippen LogP contribution in [-0.4, -0.2) is 33.9 Å². The lowest BCUT2D eigenvalue weighted by molar-refractivity contribution is 0.0933. The van der Waals surface area contributed by atoms with Crippen molar-refractivity contribution in [1.82, 2.24) is 20.2 Å². The van der Waals surface area contributed by atoms with Gasteiger partial charge in [0.15, 0.2) is 0 Å². The molecule has 1 amide bonds. The topological polar surface area (TPSA) is 61.0 Å². The Morgan fingerprint density at radius 3 is 2.93 bits per heavy atom. The highest BCUT2D eigenvalue weighted by Gasteiger charge is 2.23. The summed E-state index contributed by atoms with van der Waals surface area (Å²) >= 11 is 1.77. The highest BCUT2D eigenvalue weighted by Crippen LogP contribution is 2.32. The summed E-state index contributed by atoms with van der Waals surface area (Å²) in [5.74, 6) is -0.0422. The van der Waals surface area contributed by atoms with Gasteiger partial charge in [-0.3, -0.25) is 14.7 Å². The largest absolute Gasteiger partial charge is 0.350 e. The normalized spacial score (nSPS) is 16.5. The quantitative estimate of drug-likeness (QED) is 0.687. The van der Waals surface area contributed by atoms with Crippen LogP contribution in [0.4, 0.5) is 0 Å². The molecule has 0 spiro atoms. The first-order valence-electron chi connectivity index (χ1n) is 9.66. The summed E-state index contributed by atoms with van der Waals surface area (Å²) in [5.41, 5.74) is 3.93. The Morgan fingerprint density at radius 1 is 1.37 bits per heavy atom. The number of rotatable bonds is 5. The van der Waals surface area contributed by atoms with E-state index >= 15 is 0 Å². The van der Waals surface area contributed by atoms with Crippen molar-refractivity contribution in [2.75, 3.05) is 13.1 Å². The summed E-state index contributed by atoms with van der Waals surface area (Å²) in [5, 5.41) is 3.13. The Kier molecular flexibility index (Phi) is 5.27. The maximum atomic E-state index is 13.1. The van der Waals surface area contributed by atoms with Crippen LogP contribution >= 0.6 is 11.3 Å². The fraction of sp³-hybridized carbons (Fsp3) is 0.429. The van der Waals surface area contributed by atoms with Crippen LogP contribution < -0.4 is 5.32 Å². The SMILES string of the molecule is Cc1cc2[nH]c(C(=O)NC(C)c3cccnc3)c(CN3CCCCC3)c2s1. The zero-order chi connectivity index (χ0) is 18.8. The summed E-state index contributed by atoms with van der Waals surface area (Å²) in [4.78, 5) is 24.4. The monoisotopic (exact) mass is 382 g/mol. The molecular formula is C21H26N4OS. The summed E-state index contributed by atoms with van der Waals surface area (Å²) in [7, 11) is 0. The third-order valence-electron chi connectivity index (χ3n) is 5.28. The number of pyridine rings is 1. The molecule has 1 saturated heterocycles. The molecule has 0 aliphatic carbocycles. The summed E-state index contributed by atoms with van der Waals surface area (Å²) in [6.07, 6.45) is 7.35. The molecule has 2 N–H and O–H groups in total. The Balaban J connectivity index is 1.60. The number of likely N-dealkylation sites (tertiary alicyclic amines) is 1. The first-order valence-corrected chi connectivity index (χ1v) is 10.5. The molecule has 1 atom stereocenters. The third-order valence-corrected chi connectivity index (χ3v) is 6.39. The number of fused-ring (bicyclic) bond motifs is 1. The van der Waals surface area contributed by atoms with Gasteiger partial charge in [-0.15, -0.1) is 11.3 Å². The van der Waals surface area contributed by atoms with Crippen LogP contribution in [0.3, 0.4) is 0 Å². The molecule has 1 aliphatic rings. The van der Waals surface area contributed by atoms with Gasteiger partial charge in [-0.05, 0) is 57.5 Å². The number of aromatic amines is 1. The van der Waals surface area contributed by atoms with Crippen LogP contribution in [0.5, 0.6) is 0 Å². The molecule has 3 aromatic rings. The lowest BCUT2D eigenvalue weighted by Crippen LogP contribution is -2.31. The number of nitrogens with one attached hydrogen (secondary N) is 2. The Hall–Kier alpha value is -2.18. The van der Waals surface area contributed by atoms with Gasteiger partial charge in [-0.2, -0.15) is 0 Å². The van der Waals surface area contributed by atoms with E-state index in [1.54, 1.807) is 23.7 Å². The fourth-order valence-electron chi connectivity index (χ4n) is 3.82. The van der Waals surface area contributed by atoms with E-state index in [0.717, 1.165) is 36.3 Å². The molecule has 3 aromatic heterocycles. The van der Waals surface area contributed by atoms with Crippen molar-refractivity contribution in [2.24, 2.45) is 0 Å². The first kappa shape index (κ1) is 18.2. The molecule has 27 heavy (non-hydrogen) atoms. The average Bonchev–Trinajstić information content (AvgIpc) is 3.20. The average molecular weight is 383 g/mol. The second-order valence-electron chi connectivity index (χ2n) is 7.40. The van der Waals surface area contributed by atoms with E-state index in [9.17, 15) is 4.79 Å². The summed E-state index contributed by atoms with van der Waals surface area (Å²) in [6.45, 7) is 7.18. The van der Waals surface area contributed by atoms with Crippen molar-refractivity contribution in [2.45, 2.75) is 45.7 Å². The van der Waals surface area contributed by atoms with E-state index < -0.39 is 0 Å². The zero-order valence-corrected chi connectivity index (χ0v) is 16.7. The van der Waals surface area contributed by atoms with Crippen LogP contribution in [0.1, 0.15) is 58.7 Å². The predicted molar refractivity (Wildman–Crippen MR) is 110 cm³/mol. The smallest absolute Gasteiger partial charge is 0.268 e. The molecule has 6 heteroatoms. The van der Waals surface area contributed by atoms with Crippen molar-refractivity contribution in [3.63, 3.8) is 0 Å². The van der Waals surface area contributed by atoms with Gasteiger partial charge in [-0.1, -0.05) is 12.5 Å². The zero-order valence-electron chi connectivity index (χ0n) is 15.9. The van der Waals surface area contributed by atoms with E-state index in [-0.39, 0.29) is 11.9 Å². The lowest BCUT2D eigenvalue weighted by Gasteiger charge is -2.26. The van der Waals surface area contributed by atoms with E-state index in [1.807, 2.05) is 19.1 Å². The minimum Gasteiger partial charge on any atom is -0.350 e. The van der Waals surface area contributed by atoms with Crippen molar-refractivity contribution in [3.05, 3.63) is 52.3 Å². The lowest BCUT2D eigenvalue weighted by atomic mass is 10.1. The highest BCUT2D eigenvalue weighted by atomic mass is 32.1. The van der Waals surface area contributed by atoms with Gasteiger partial charge in [0, 0.05) is 29.4 Å². The number of H-pyrrole nitrogens is 1. The van der Waals surface area contributed by atoms with Crippen molar-refractivity contribution >= 4 is 27.5 Å². The van der Waals surface area contributed by atoms with Crippen LogP contribution in [0.15, 0.2) is 30.6 Å². The van der Waals surface area contributed by atoms with Crippen LogP contribution in [0.25, 0.3) is 10.2 Å². The maximum absolute atomic E-state index is 13.1. The number of hydrogen-bond donors (Lipinski definition) is 2. The Bertz CT molecular complexity index is 924. The van der Waals surface area contributed by atoms with Crippen molar-refractivity contribution < 1.29 is 4.79 Å².